The molecule has 2 rings (SSSR count). The van der Waals surface area contributed by atoms with Gasteiger partial charge in [-0.1, -0.05) is 36.9 Å². The van der Waals surface area contributed by atoms with Gasteiger partial charge in [-0.2, -0.15) is 0 Å². The highest BCUT2D eigenvalue weighted by molar-refractivity contribution is 8.16. The van der Waals surface area contributed by atoms with Crippen molar-refractivity contribution in [1.82, 2.24) is 10.6 Å². The maximum absolute atomic E-state index is 13.6. The van der Waals surface area contributed by atoms with E-state index in [0.717, 1.165) is 0 Å². The summed E-state index contributed by atoms with van der Waals surface area (Å²) in [5, 5.41) is 5.93. The molecule has 1 heterocycles. The molecule has 2 N–H and O–H groups in total. The molecule has 1 saturated heterocycles. The predicted octanol–water partition coefficient (Wildman–Crippen LogP) is 2.46. The molecule has 0 bridgehead atoms. The number of aliphatic imine (C=N–C) groups is 1. The first-order valence-corrected chi connectivity index (χ1v) is 8.64. The first-order chi connectivity index (χ1) is 11.2. The molecule has 5 nitrogen and oxygen atoms in total. The molecule has 7 heteroatoms. The molecule has 0 radical (unpaired) electrons. The van der Waals surface area contributed by atoms with Crippen LogP contribution in [0.4, 0.5) is 4.39 Å². The fourth-order valence-electron chi connectivity index (χ4n) is 2.29. The van der Waals surface area contributed by atoms with Gasteiger partial charge in [-0.15, -0.1) is 0 Å². The van der Waals surface area contributed by atoms with E-state index in [9.17, 15) is 14.0 Å². The van der Waals surface area contributed by atoms with Crippen LogP contribution in [-0.4, -0.2) is 27.8 Å². The average Bonchev–Trinajstić information content (AvgIpc) is 2.81. The number of benzene rings is 1. The van der Waals surface area contributed by atoms with Gasteiger partial charge in [0.05, 0.1) is 12.5 Å². The van der Waals surface area contributed by atoms with E-state index in [-0.39, 0.29) is 30.2 Å². The van der Waals surface area contributed by atoms with Gasteiger partial charge in [0.25, 0.3) is 0 Å². The maximum Gasteiger partial charge on any atom is 0.243 e. The van der Waals surface area contributed by atoms with Crippen molar-refractivity contribution in [3.8, 4) is 0 Å². The molecule has 0 aliphatic carbocycles. The van der Waals surface area contributed by atoms with Crippen molar-refractivity contribution in [1.29, 1.82) is 0 Å². The highest BCUT2D eigenvalue weighted by atomic mass is 32.2. The van der Waals surface area contributed by atoms with Gasteiger partial charge in [-0.25, -0.2) is 4.39 Å². The summed E-state index contributed by atoms with van der Waals surface area (Å²) in [4.78, 5) is 28.9. The smallest absolute Gasteiger partial charge is 0.243 e. The highest BCUT2D eigenvalue weighted by Crippen LogP contribution is 2.38. The Bertz CT molecular complexity index is 678. The Labute approximate surface area is 145 Å². The average molecular weight is 351 g/mol. The first kappa shape index (κ1) is 18.4. The molecule has 0 spiro atoms. The number of amides is 2. The Balaban J connectivity index is 2.10. The second-order valence-corrected chi connectivity index (χ2v) is 7.70. The van der Waals surface area contributed by atoms with Gasteiger partial charge in [-0.3, -0.25) is 14.6 Å². The fourth-order valence-corrected chi connectivity index (χ4v) is 3.40. The molecule has 130 valence electrons. The Morgan fingerprint density at radius 3 is 2.67 bits per heavy atom. The van der Waals surface area contributed by atoms with E-state index >= 15 is 0 Å². The van der Waals surface area contributed by atoms with Gasteiger partial charge in [0.1, 0.15) is 10.6 Å². The van der Waals surface area contributed by atoms with E-state index in [4.69, 9.17) is 0 Å². The number of nitrogens with one attached hydrogen (secondary N) is 2. The summed E-state index contributed by atoms with van der Waals surface area (Å²) in [7, 11) is 0. The number of halogens is 1. The van der Waals surface area contributed by atoms with Crippen LogP contribution >= 0.6 is 11.8 Å². The summed E-state index contributed by atoms with van der Waals surface area (Å²) >= 11 is 1.22. The Morgan fingerprint density at radius 2 is 2.04 bits per heavy atom. The van der Waals surface area contributed by atoms with Crippen LogP contribution in [0, 0.1) is 11.7 Å². The van der Waals surface area contributed by atoms with E-state index in [1.165, 1.54) is 17.8 Å². The zero-order chi connectivity index (χ0) is 17.9. The first-order valence-electron chi connectivity index (χ1n) is 7.82. The van der Waals surface area contributed by atoms with Gasteiger partial charge < -0.3 is 10.6 Å². The summed E-state index contributed by atoms with van der Waals surface area (Å²) in [6.45, 7) is 7.33. The van der Waals surface area contributed by atoms with Gasteiger partial charge in [0.15, 0.2) is 5.17 Å². The SMILES string of the molecule is CC(C)NC(=O)C(C)C1(C)SC(=NCc2ccccc2F)NC1=O. The molecule has 24 heavy (non-hydrogen) atoms. The van der Waals surface area contributed by atoms with Gasteiger partial charge in [-0.05, 0) is 26.8 Å². The molecule has 0 saturated carbocycles. The van der Waals surface area contributed by atoms with Crippen LogP contribution < -0.4 is 10.6 Å². The summed E-state index contributed by atoms with van der Waals surface area (Å²) in [6, 6.07) is 6.38. The van der Waals surface area contributed by atoms with E-state index in [1.54, 1.807) is 32.0 Å². The number of thioether (sulfide) groups is 1. The zero-order valence-corrected chi connectivity index (χ0v) is 15.0. The lowest BCUT2D eigenvalue weighted by Crippen LogP contribution is -2.48. The molecule has 1 aromatic rings. The normalized spacial score (nSPS) is 23.4. The van der Waals surface area contributed by atoms with Crippen molar-refractivity contribution < 1.29 is 14.0 Å². The summed E-state index contributed by atoms with van der Waals surface area (Å²) in [6.07, 6.45) is 0. The quantitative estimate of drug-likeness (QED) is 0.856. The molecule has 1 aliphatic heterocycles. The van der Waals surface area contributed by atoms with Crippen molar-refractivity contribution in [3.63, 3.8) is 0 Å². The molecular formula is C17H22FN3O2S. The molecule has 0 aromatic heterocycles. The minimum Gasteiger partial charge on any atom is -0.354 e. The van der Waals surface area contributed by atoms with Crippen LogP contribution in [0.2, 0.25) is 0 Å². The molecule has 1 aromatic carbocycles. The second-order valence-electron chi connectivity index (χ2n) is 6.26. The monoisotopic (exact) mass is 351 g/mol. The van der Waals surface area contributed by atoms with Crippen molar-refractivity contribution >= 4 is 28.7 Å². The maximum atomic E-state index is 13.6. The third-order valence-electron chi connectivity index (χ3n) is 3.98. The molecule has 1 fully saturated rings. The lowest BCUT2D eigenvalue weighted by atomic mass is 9.93. The number of rotatable bonds is 5. The number of carbonyl (C=O) groups excluding carboxylic acids is 2. The van der Waals surface area contributed by atoms with E-state index in [2.05, 4.69) is 15.6 Å². The largest absolute Gasteiger partial charge is 0.354 e. The van der Waals surface area contributed by atoms with E-state index < -0.39 is 10.7 Å². The number of nitrogens with zero attached hydrogens (tertiary/aromatic N) is 1. The standard InChI is InChI=1S/C17H22FN3O2S/c1-10(2)20-14(22)11(3)17(4)15(23)21-16(24-17)19-9-12-7-5-6-8-13(12)18/h5-8,10-11H,9H2,1-4H3,(H,20,22)(H,19,21,23). The van der Waals surface area contributed by atoms with Crippen LogP contribution in [0.25, 0.3) is 0 Å². The van der Waals surface area contributed by atoms with Crippen molar-refractivity contribution in [2.75, 3.05) is 0 Å². The van der Waals surface area contributed by atoms with Gasteiger partial charge >= 0.3 is 0 Å². The second kappa shape index (κ2) is 7.34. The number of amidine groups is 1. The van der Waals surface area contributed by atoms with E-state index in [1.807, 2.05) is 13.8 Å². The summed E-state index contributed by atoms with van der Waals surface area (Å²) < 4.78 is 12.7. The lowest BCUT2D eigenvalue weighted by Gasteiger charge is -2.26. The minimum absolute atomic E-state index is 0.00667. The lowest BCUT2D eigenvalue weighted by molar-refractivity contribution is -0.131. The minimum atomic E-state index is -0.937. The summed E-state index contributed by atoms with van der Waals surface area (Å²) in [5.41, 5.74) is 0.457. The van der Waals surface area contributed by atoms with Crippen molar-refractivity contribution in [3.05, 3.63) is 35.6 Å². The topological polar surface area (TPSA) is 70.6 Å². The molecule has 2 unspecified atom stereocenters. The Kier molecular flexibility index (Phi) is 5.64. The molecular weight excluding hydrogens is 329 g/mol. The number of hydrogen-bond acceptors (Lipinski definition) is 4. The van der Waals surface area contributed by atoms with Crippen LogP contribution in [0.5, 0.6) is 0 Å². The van der Waals surface area contributed by atoms with Crippen molar-refractivity contribution in [2.45, 2.75) is 45.0 Å². The molecule has 2 amide bonds. The predicted molar refractivity (Wildman–Crippen MR) is 94.1 cm³/mol. The van der Waals surface area contributed by atoms with Crippen molar-refractivity contribution in [2.24, 2.45) is 10.9 Å². The van der Waals surface area contributed by atoms with Crippen LogP contribution in [-0.2, 0) is 16.1 Å². The highest BCUT2D eigenvalue weighted by Gasteiger charge is 2.49. The van der Waals surface area contributed by atoms with Gasteiger partial charge in [0, 0.05) is 11.6 Å². The van der Waals surface area contributed by atoms with Crippen LogP contribution in [0.3, 0.4) is 0 Å². The van der Waals surface area contributed by atoms with Gasteiger partial charge in [0.2, 0.25) is 11.8 Å². The number of hydrogen-bond donors (Lipinski definition) is 2. The molecule has 1 aliphatic rings. The van der Waals surface area contributed by atoms with E-state index in [0.29, 0.717) is 10.7 Å². The fraction of sp³-hybridized carbons (Fsp3) is 0.471. The Morgan fingerprint density at radius 1 is 1.38 bits per heavy atom. The third kappa shape index (κ3) is 3.95. The van der Waals surface area contributed by atoms with Crippen LogP contribution in [0.1, 0.15) is 33.3 Å². The summed E-state index contributed by atoms with van der Waals surface area (Å²) in [5.74, 6) is -1.29. The zero-order valence-electron chi connectivity index (χ0n) is 14.2. The molecule has 2 atom stereocenters. The van der Waals surface area contributed by atoms with Crippen LogP contribution in [0.15, 0.2) is 29.3 Å². The Hall–Kier alpha value is -1.89. The number of carbonyl (C=O) groups is 2. The third-order valence-corrected chi connectivity index (χ3v) is 5.37.